The maximum Gasteiger partial charge on any atom is 0.328 e. The van der Waals surface area contributed by atoms with Crippen LogP contribution in [-0.4, -0.2) is 63.5 Å². The van der Waals surface area contributed by atoms with Crippen LogP contribution in [0.5, 0.6) is 0 Å². The van der Waals surface area contributed by atoms with E-state index in [1.165, 1.54) is 17.7 Å². The summed E-state index contributed by atoms with van der Waals surface area (Å²) in [5.41, 5.74) is -1.28. The number of carboxylic acid groups (broad SMARTS) is 2. The Kier molecular flexibility index (Phi) is 6.91. The summed E-state index contributed by atoms with van der Waals surface area (Å²) in [6.45, 7) is 2.15. The van der Waals surface area contributed by atoms with Crippen LogP contribution in [0.2, 0.25) is 0 Å². The van der Waals surface area contributed by atoms with E-state index < -0.39 is 66.0 Å². The Morgan fingerprint density at radius 2 is 1.87 bits per heavy atom. The zero-order valence-electron chi connectivity index (χ0n) is 16.9. The van der Waals surface area contributed by atoms with Gasteiger partial charge in [-0.3, -0.25) is 28.7 Å². The van der Waals surface area contributed by atoms with Crippen molar-refractivity contribution < 1.29 is 34.1 Å². The fraction of sp³-hybridized carbons (Fsp3) is 0.632. The molecule has 0 aromatic carbocycles. The lowest BCUT2D eigenvalue weighted by molar-refractivity contribution is -0.146. The van der Waals surface area contributed by atoms with Crippen LogP contribution >= 0.6 is 0 Å². The largest absolute Gasteiger partial charge is 0.481 e. The van der Waals surface area contributed by atoms with Gasteiger partial charge in [0.05, 0.1) is 36.7 Å². The van der Waals surface area contributed by atoms with Crippen molar-refractivity contribution in [3.8, 4) is 0 Å². The molecule has 5 atom stereocenters. The summed E-state index contributed by atoms with van der Waals surface area (Å²) in [5.74, 6) is -4.65. The summed E-state index contributed by atoms with van der Waals surface area (Å²) in [5, 5.41) is 21.8. The van der Waals surface area contributed by atoms with Gasteiger partial charge in [0.25, 0.3) is 5.56 Å². The average Bonchev–Trinajstić information content (AvgIpc) is 3.29. The summed E-state index contributed by atoms with van der Waals surface area (Å²) in [4.78, 5) is 61.4. The van der Waals surface area contributed by atoms with Crippen molar-refractivity contribution in [3.05, 3.63) is 32.6 Å². The summed E-state index contributed by atoms with van der Waals surface area (Å²) in [7, 11) is 0. The molecule has 0 saturated carbocycles. The van der Waals surface area contributed by atoms with Crippen LogP contribution in [0.15, 0.2) is 15.8 Å². The molecule has 12 heteroatoms. The highest BCUT2D eigenvalue weighted by molar-refractivity contribution is 5.69. The van der Waals surface area contributed by atoms with E-state index in [9.17, 15) is 34.2 Å². The molecule has 1 aromatic rings. The zero-order chi connectivity index (χ0) is 22.7. The molecule has 1 aromatic heterocycles. The SMILES string of the molecule is CC(=O)OC[C@@H]1O[C@H](c2cn(C3CCNC3)c(=O)[nH]c2=O)[C@@H](CC(=O)O)[C@H]1CC(=O)O. The normalized spacial score (nSPS) is 27.8. The van der Waals surface area contributed by atoms with E-state index in [2.05, 4.69) is 10.3 Å². The third-order valence-electron chi connectivity index (χ3n) is 5.74. The number of esters is 1. The van der Waals surface area contributed by atoms with Gasteiger partial charge in [0.1, 0.15) is 6.61 Å². The van der Waals surface area contributed by atoms with Crippen molar-refractivity contribution in [2.24, 2.45) is 11.8 Å². The number of aromatic amines is 1. The van der Waals surface area contributed by atoms with E-state index >= 15 is 0 Å². The average molecular weight is 439 g/mol. The molecule has 1 unspecified atom stereocenters. The number of rotatable bonds is 8. The Bertz CT molecular complexity index is 963. The van der Waals surface area contributed by atoms with Gasteiger partial charge in [0, 0.05) is 31.5 Å². The molecule has 2 fully saturated rings. The maximum absolute atomic E-state index is 12.6. The Balaban J connectivity index is 2.02. The van der Waals surface area contributed by atoms with Crippen LogP contribution in [0, 0.1) is 11.8 Å². The van der Waals surface area contributed by atoms with E-state index in [4.69, 9.17) is 9.47 Å². The monoisotopic (exact) mass is 439 g/mol. The van der Waals surface area contributed by atoms with Gasteiger partial charge >= 0.3 is 23.6 Å². The number of carboxylic acids is 2. The fourth-order valence-corrected chi connectivity index (χ4v) is 4.35. The zero-order valence-corrected chi connectivity index (χ0v) is 16.9. The fourth-order valence-electron chi connectivity index (χ4n) is 4.35. The van der Waals surface area contributed by atoms with E-state index in [1.807, 2.05) is 0 Å². The Hall–Kier alpha value is -2.99. The first-order valence-electron chi connectivity index (χ1n) is 9.95. The summed E-state index contributed by atoms with van der Waals surface area (Å²) in [6, 6.07) is -0.186. The van der Waals surface area contributed by atoms with Crippen molar-refractivity contribution in [2.75, 3.05) is 19.7 Å². The van der Waals surface area contributed by atoms with Crippen LogP contribution in [0.25, 0.3) is 0 Å². The molecule has 3 heterocycles. The molecule has 31 heavy (non-hydrogen) atoms. The Morgan fingerprint density at radius 3 is 2.45 bits per heavy atom. The number of nitrogens with zero attached hydrogens (tertiary/aromatic N) is 1. The van der Waals surface area contributed by atoms with Gasteiger partial charge in [-0.15, -0.1) is 0 Å². The van der Waals surface area contributed by atoms with Crippen molar-refractivity contribution in [1.29, 1.82) is 0 Å². The molecule has 0 radical (unpaired) electrons. The number of hydrogen-bond acceptors (Lipinski definition) is 8. The predicted octanol–water partition coefficient (Wildman–Crippen LogP) is -0.744. The number of hydrogen-bond donors (Lipinski definition) is 4. The second-order valence-electron chi connectivity index (χ2n) is 7.82. The van der Waals surface area contributed by atoms with Crippen molar-refractivity contribution in [3.63, 3.8) is 0 Å². The predicted molar refractivity (Wildman–Crippen MR) is 104 cm³/mol. The van der Waals surface area contributed by atoms with Crippen LogP contribution < -0.4 is 16.6 Å². The number of carbonyl (C=O) groups excluding carboxylic acids is 1. The summed E-state index contributed by atoms with van der Waals surface area (Å²) >= 11 is 0. The first-order valence-corrected chi connectivity index (χ1v) is 9.95. The molecule has 3 rings (SSSR count). The molecule has 0 bridgehead atoms. The number of carbonyl (C=O) groups is 3. The minimum atomic E-state index is -1.19. The Morgan fingerprint density at radius 1 is 1.19 bits per heavy atom. The molecule has 2 aliphatic heterocycles. The van der Waals surface area contributed by atoms with Gasteiger partial charge in [-0.25, -0.2) is 4.79 Å². The maximum atomic E-state index is 12.6. The number of aromatic nitrogens is 2. The standard InChI is InChI=1S/C19H25N3O9/c1-9(23)30-8-14-11(4-15(24)25)12(5-16(26)27)17(31-14)13-7-22(10-2-3-20-6-10)19(29)21-18(13)28/h7,10-12,14,17,20H,2-6,8H2,1H3,(H,24,25)(H,26,27)(H,21,28,29)/t10?,11-,12+,14+,17+/m1/s1. The van der Waals surface area contributed by atoms with E-state index in [1.54, 1.807) is 0 Å². The highest BCUT2D eigenvalue weighted by atomic mass is 16.6. The molecule has 170 valence electrons. The highest BCUT2D eigenvalue weighted by Gasteiger charge is 2.48. The highest BCUT2D eigenvalue weighted by Crippen LogP contribution is 2.45. The quantitative estimate of drug-likeness (QED) is 0.377. The van der Waals surface area contributed by atoms with Gasteiger partial charge in [0.15, 0.2) is 0 Å². The second kappa shape index (κ2) is 9.43. The molecule has 2 aliphatic rings. The minimum absolute atomic E-state index is 0.0402. The van der Waals surface area contributed by atoms with Crippen molar-refractivity contribution in [1.82, 2.24) is 14.9 Å². The number of ether oxygens (including phenoxy) is 2. The van der Waals surface area contributed by atoms with Gasteiger partial charge in [0.2, 0.25) is 0 Å². The third-order valence-corrected chi connectivity index (χ3v) is 5.74. The van der Waals surface area contributed by atoms with E-state index in [-0.39, 0.29) is 18.2 Å². The molecular formula is C19H25N3O9. The topological polar surface area (TPSA) is 177 Å². The van der Waals surface area contributed by atoms with Crippen LogP contribution in [0.4, 0.5) is 0 Å². The van der Waals surface area contributed by atoms with Gasteiger partial charge < -0.3 is 25.0 Å². The molecule has 12 nitrogen and oxygen atoms in total. The molecule has 0 amide bonds. The molecule has 0 spiro atoms. The third kappa shape index (κ3) is 5.20. The number of nitrogens with one attached hydrogen (secondary N) is 2. The Labute approximate surface area is 176 Å². The lowest BCUT2D eigenvalue weighted by Gasteiger charge is -2.22. The van der Waals surface area contributed by atoms with Crippen LogP contribution in [0.3, 0.4) is 0 Å². The number of H-pyrrole nitrogens is 1. The molecule has 2 saturated heterocycles. The van der Waals surface area contributed by atoms with E-state index in [0.29, 0.717) is 19.5 Å². The van der Waals surface area contributed by atoms with Crippen LogP contribution in [0.1, 0.15) is 43.9 Å². The summed E-state index contributed by atoms with van der Waals surface area (Å²) in [6.07, 6.45) is -0.836. The van der Waals surface area contributed by atoms with E-state index in [0.717, 1.165) is 0 Å². The lowest BCUT2D eigenvalue weighted by Crippen LogP contribution is -2.36. The minimum Gasteiger partial charge on any atom is -0.481 e. The lowest BCUT2D eigenvalue weighted by atomic mass is 9.81. The summed E-state index contributed by atoms with van der Waals surface area (Å²) < 4.78 is 12.3. The van der Waals surface area contributed by atoms with Crippen molar-refractivity contribution >= 4 is 17.9 Å². The smallest absolute Gasteiger partial charge is 0.328 e. The molecule has 0 aliphatic carbocycles. The first kappa shape index (κ1) is 22.7. The second-order valence-corrected chi connectivity index (χ2v) is 7.82. The first-order chi connectivity index (χ1) is 14.7. The molecule has 4 N–H and O–H groups in total. The van der Waals surface area contributed by atoms with Crippen molar-refractivity contribution in [2.45, 2.75) is 44.4 Å². The number of aliphatic carboxylic acids is 2. The van der Waals surface area contributed by atoms with Crippen LogP contribution in [-0.2, 0) is 23.9 Å². The van der Waals surface area contributed by atoms with Gasteiger partial charge in [-0.05, 0) is 13.0 Å². The molecular weight excluding hydrogens is 414 g/mol. The van der Waals surface area contributed by atoms with Gasteiger partial charge in [-0.1, -0.05) is 0 Å². The van der Waals surface area contributed by atoms with Gasteiger partial charge in [-0.2, -0.15) is 0 Å².